The third-order valence-electron chi connectivity index (χ3n) is 2.50. The molecule has 15 heavy (non-hydrogen) atoms. The summed E-state index contributed by atoms with van der Waals surface area (Å²) in [5.74, 6) is 1.49. The normalized spacial score (nSPS) is 11.3. The van der Waals surface area contributed by atoms with Crippen LogP contribution in [-0.2, 0) is 5.41 Å². The standard InChI is InChI=1S/C12H18O3/c1-12(2,8-13)11-9(14-3)6-5-7-10(11)15-4/h5-7,13H,8H2,1-4H3. The van der Waals surface area contributed by atoms with Gasteiger partial charge in [-0.15, -0.1) is 0 Å². The summed E-state index contributed by atoms with van der Waals surface area (Å²) in [6.07, 6.45) is 0. The van der Waals surface area contributed by atoms with Gasteiger partial charge in [-0.2, -0.15) is 0 Å². The number of benzene rings is 1. The summed E-state index contributed by atoms with van der Waals surface area (Å²) in [5.41, 5.74) is 0.523. The Bertz CT molecular complexity index is 309. The molecule has 84 valence electrons. The first-order chi connectivity index (χ1) is 7.06. The SMILES string of the molecule is COc1cccc(OC)c1C(C)(C)CO. The van der Waals surface area contributed by atoms with Crippen molar-refractivity contribution in [2.24, 2.45) is 0 Å². The Kier molecular flexibility index (Phi) is 3.58. The molecule has 1 aromatic carbocycles. The summed E-state index contributed by atoms with van der Waals surface area (Å²) >= 11 is 0. The van der Waals surface area contributed by atoms with Crippen LogP contribution in [-0.4, -0.2) is 25.9 Å². The van der Waals surface area contributed by atoms with Crippen LogP contribution < -0.4 is 9.47 Å². The van der Waals surface area contributed by atoms with Gasteiger partial charge in [-0.05, 0) is 12.1 Å². The summed E-state index contributed by atoms with van der Waals surface area (Å²) < 4.78 is 10.6. The number of hydrogen-bond donors (Lipinski definition) is 1. The van der Waals surface area contributed by atoms with E-state index in [2.05, 4.69) is 0 Å². The van der Waals surface area contributed by atoms with E-state index < -0.39 is 0 Å². The van der Waals surface area contributed by atoms with Crippen molar-refractivity contribution in [2.75, 3.05) is 20.8 Å². The number of hydrogen-bond acceptors (Lipinski definition) is 3. The predicted molar refractivity (Wildman–Crippen MR) is 59.7 cm³/mol. The predicted octanol–water partition coefficient (Wildman–Crippen LogP) is 1.97. The van der Waals surface area contributed by atoms with E-state index in [-0.39, 0.29) is 12.0 Å². The van der Waals surface area contributed by atoms with Gasteiger partial charge >= 0.3 is 0 Å². The zero-order chi connectivity index (χ0) is 11.5. The fraction of sp³-hybridized carbons (Fsp3) is 0.500. The molecule has 0 atom stereocenters. The highest BCUT2D eigenvalue weighted by atomic mass is 16.5. The Morgan fingerprint density at radius 1 is 1.13 bits per heavy atom. The molecule has 1 rings (SSSR count). The van der Waals surface area contributed by atoms with Gasteiger partial charge in [0, 0.05) is 11.0 Å². The Balaban J connectivity index is 3.34. The van der Waals surface area contributed by atoms with Crippen LogP contribution in [0.15, 0.2) is 18.2 Å². The van der Waals surface area contributed by atoms with E-state index >= 15 is 0 Å². The molecule has 0 saturated heterocycles. The average Bonchev–Trinajstić information content (AvgIpc) is 2.27. The van der Waals surface area contributed by atoms with Gasteiger partial charge in [0.05, 0.1) is 20.8 Å². The maximum absolute atomic E-state index is 9.38. The molecule has 0 spiro atoms. The lowest BCUT2D eigenvalue weighted by molar-refractivity contribution is 0.210. The van der Waals surface area contributed by atoms with Gasteiger partial charge in [-0.3, -0.25) is 0 Å². The van der Waals surface area contributed by atoms with Crippen molar-refractivity contribution in [3.63, 3.8) is 0 Å². The van der Waals surface area contributed by atoms with Crippen molar-refractivity contribution in [1.82, 2.24) is 0 Å². The number of methoxy groups -OCH3 is 2. The number of rotatable bonds is 4. The highest BCUT2D eigenvalue weighted by Crippen LogP contribution is 2.38. The van der Waals surface area contributed by atoms with E-state index in [4.69, 9.17) is 9.47 Å². The molecule has 0 radical (unpaired) electrons. The van der Waals surface area contributed by atoms with E-state index in [0.717, 1.165) is 17.1 Å². The minimum Gasteiger partial charge on any atom is -0.496 e. The number of aliphatic hydroxyl groups excluding tert-OH is 1. The van der Waals surface area contributed by atoms with Crippen molar-refractivity contribution in [1.29, 1.82) is 0 Å². The lowest BCUT2D eigenvalue weighted by Gasteiger charge is -2.26. The molecule has 3 nitrogen and oxygen atoms in total. The maximum atomic E-state index is 9.38. The molecule has 0 heterocycles. The lowest BCUT2D eigenvalue weighted by atomic mass is 9.84. The van der Waals surface area contributed by atoms with E-state index in [1.807, 2.05) is 32.0 Å². The molecule has 1 N–H and O–H groups in total. The molecule has 0 unspecified atom stereocenters. The van der Waals surface area contributed by atoms with E-state index in [0.29, 0.717) is 0 Å². The molecule has 0 bridgehead atoms. The molecule has 0 amide bonds. The summed E-state index contributed by atoms with van der Waals surface area (Å²) in [4.78, 5) is 0. The molecular formula is C12H18O3. The van der Waals surface area contributed by atoms with Crippen LogP contribution in [0.25, 0.3) is 0 Å². The number of ether oxygens (including phenoxy) is 2. The zero-order valence-corrected chi connectivity index (χ0v) is 9.70. The fourth-order valence-corrected chi connectivity index (χ4v) is 1.60. The Labute approximate surface area is 90.6 Å². The van der Waals surface area contributed by atoms with Crippen LogP contribution >= 0.6 is 0 Å². The smallest absolute Gasteiger partial charge is 0.126 e. The second-order valence-electron chi connectivity index (χ2n) is 4.08. The second kappa shape index (κ2) is 4.53. The van der Waals surface area contributed by atoms with Crippen LogP contribution in [0.3, 0.4) is 0 Å². The molecule has 0 aromatic heterocycles. The first kappa shape index (κ1) is 11.9. The second-order valence-corrected chi connectivity index (χ2v) is 4.08. The molecule has 0 aliphatic rings. The third kappa shape index (κ3) is 2.23. The Morgan fingerprint density at radius 2 is 1.60 bits per heavy atom. The minimum absolute atomic E-state index is 0.0454. The zero-order valence-electron chi connectivity index (χ0n) is 9.70. The fourth-order valence-electron chi connectivity index (χ4n) is 1.60. The van der Waals surface area contributed by atoms with E-state index in [1.165, 1.54) is 0 Å². The molecule has 0 fully saturated rings. The van der Waals surface area contributed by atoms with Gasteiger partial charge < -0.3 is 14.6 Å². The van der Waals surface area contributed by atoms with Gasteiger partial charge in [0.15, 0.2) is 0 Å². The monoisotopic (exact) mass is 210 g/mol. The van der Waals surface area contributed by atoms with E-state index in [9.17, 15) is 5.11 Å². The van der Waals surface area contributed by atoms with Crippen LogP contribution in [0.2, 0.25) is 0 Å². The minimum atomic E-state index is -0.377. The maximum Gasteiger partial charge on any atom is 0.126 e. The van der Waals surface area contributed by atoms with Crippen molar-refractivity contribution in [2.45, 2.75) is 19.3 Å². The molecule has 1 aromatic rings. The van der Waals surface area contributed by atoms with Gasteiger partial charge in [0.1, 0.15) is 11.5 Å². The van der Waals surface area contributed by atoms with Gasteiger partial charge in [-0.1, -0.05) is 19.9 Å². The average molecular weight is 210 g/mol. The third-order valence-corrected chi connectivity index (χ3v) is 2.50. The largest absolute Gasteiger partial charge is 0.496 e. The molecular weight excluding hydrogens is 192 g/mol. The lowest BCUT2D eigenvalue weighted by Crippen LogP contribution is -2.23. The van der Waals surface area contributed by atoms with Crippen LogP contribution in [0, 0.1) is 0 Å². The molecule has 0 aliphatic heterocycles. The highest BCUT2D eigenvalue weighted by molar-refractivity contribution is 5.49. The molecule has 3 heteroatoms. The van der Waals surface area contributed by atoms with Crippen LogP contribution in [0.4, 0.5) is 0 Å². The Morgan fingerprint density at radius 3 is 1.93 bits per heavy atom. The topological polar surface area (TPSA) is 38.7 Å². The van der Waals surface area contributed by atoms with Crippen LogP contribution in [0.1, 0.15) is 19.4 Å². The number of aliphatic hydroxyl groups is 1. The van der Waals surface area contributed by atoms with Crippen molar-refractivity contribution in [3.05, 3.63) is 23.8 Å². The summed E-state index contributed by atoms with van der Waals surface area (Å²) in [5, 5.41) is 9.38. The summed E-state index contributed by atoms with van der Waals surface area (Å²) in [6, 6.07) is 5.61. The van der Waals surface area contributed by atoms with Crippen molar-refractivity contribution < 1.29 is 14.6 Å². The summed E-state index contributed by atoms with van der Waals surface area (Å²) in [7, 11) is 3.23. The first-order valence-corrected chi connectivity index (χ1v) is 4.89. The first-order valence-electron chi connectivity index (χ1n) is 4.89. The van der Waals surface area contributed by atoms with Gasteiger partial charge in [-0.25, -0.2) is 0 Å². The summed E-state index contributed by atoms with van der Waals surface area (Å²) in [6.45, 7) is 3.95. The highest BCUT2D eigenvalue weighted by Gasteiger charge is 2.27. The van der Waals surface area contributed by atoms with Crippen molar-refractivity contribution in [3.8, 4) is 11.5 Å². The van der Waals surface area contributed by atoms with Crippen molar-refractivity contribution >= 4 is 0 Å². The Hall–Kier alpha value is -1.22. The van der Waals surface area contributed by atoms with Crippen LogP contribution in [0.5, 0.6) is 11.5 Å². The molecule has 0 saturated carbocycles. The van der Waals surface area contributed by atoms with E-state index in [1.54, 1.807) is 14.2 Å². The van der Waals surface area contributed by atoms with Gasteiger partial charge in [0.2, 0.25) is 0 Å². The van der Waals surface area contributed by atoms with Gasteiger partial charge in [0.25, 0.3) is 0 Å². The molecule has 0 aliphatic carbocycles. The quantitative estimate of drug-likeness (QED) is 0.825.